The van der Waals surface area contributed by atoms with Crippen LogP contribution in [0.2, 0.25) is 0 Å². The average Bonchev–Trinajstić information content (AvgIpc) is 2.25. The van der Waals surface area contributed by atoms with Crippen LogP contribution in [0, 0.1) is 0 Å². The van der Waals surface area contributed by atoms with Gasteiger partial charge in [0.1, 0.15) is 5.75 Å². The summed E-state index contributed by atoms with van der Waals surface area (Å²) in [4.78, 5) is 13.0. The first-order chi connectivity index (χ1) is 7.77. The van der Waals surface area contributed by atoms with E-state index in [0.29, 0.717) is 5.75 Å². The van der Waals surface area contributed by atoms with E-state index in [9.17, 15) is 13.2 Å². The van der Waals surface area contributed by atoms with Gasteiger partial charge in [-0.05, 0) is 18.2 Å². The molecule has 1 rings (SSSR count). The molecule has 6 nitrogen and oxygen atoms in total. The van der Waals surface area contributed by atoms with Gasteiger partial charge in [-0.1, -0.05) is 0 Å². The van der Waals surface area contributed by atoms with E-state index in [0.717, 1.165) is 0 Å². The van der Waals surface area contributed by atoms with Gasteiger partial charge in [0.25, 0.3) is 5.91 Å². The highest BCUT2D eigenvalue weighted by Crippen LogP contribution is 2.22. The number of benzene rings is 1. The molecule has 1 amide bonds. The van der Waals surface area contributed by atoms with E-state index in [1.807, 2.05) is 0 Å². The Morgan fingerprint density at radius 2 is 1.94 bits per heavy atom. The third kappa shape index (κ3) is 2.95. The van der Waals surface area contributed by atoms with Gasteiger partial charge >= 0.3 is 0 Å². The molecule has 0 aliphatic rings. The molecule has 0 aliphatic carbocycles. The van der Waals surface area contributed by atoms with Crippen LogP contribution in [0.3, 0.4) is 0 Å². The average molecular weight is 258 g/mol. The number of carbonyl (C=O) groups is 1. The number of primary sulfonamides is 1. The highest BCUT2D eigenvalue weighted by Gasteiger charge is 2.18. The fourth-order valence-corrected chi connectivity index (χ4v) is 1.81. The lowest BCUT2D eigenvalue weighted by molar-refractivity contribution is 0.0824. The van der Waals surface area contributed by atoms with Crippen molar-refractivity contribution in [2.75, 3.05) is 21.2 Å². The molecule has 0 aliphatic heterocycles. The Hall–Kier alpha value is -1.60. The zero-order chi connectivity index (χ0) is 13.2. The Balaban J connectivity index is 3.40. The molecule has 0 atom stereocenters. The predicted octanol–water partition coefficient (Wildman–Crippen LogP) is 0.0444. The normalized spacial score (nSPS) is 11.1. The van der Waals surface area contributed by atoms with Gasteiger partial charge in [0.2, 0.25) is 10.0 Å². The van der Waals surface area contributed by atoms with E-state index in [-0.39, 0.29) is 16.4 Å². The number of nitrogens with zero attached hydrogens (tertiary/aromatic N) is 1. The van der Waals surface area contributed by atoms with Crippen LogP contribution in [0.1, 0.15) is 10.4 Å². The summed E-state index contributed by atoms with van der Waals surface area (Å²) in [6.07, 6.45) is 0. The number of ether oxygens (including phenoxy) is 1. The minimum Gasteiger partial charge on any atom is -0.496 e. The first kappa shape index (κ1) is 13.5. The zero-order valence-electron chi connectivity index (χ0n) is 9.80. The number of sulfonamides is 1. The highest BCUT2D eigenvalue weighted by molar-refractivity contribution is 7.89. The van der Waals surface area contributed by atoms with Crippen LogP contribution in [0.4, 0.5) is 0 Å². The molecule has 0 unspecified atom stereocenters. The molecule has 2 N–H and O–H groups in total. The lowest BCUT2D eigenvalue weighted by Crippen LogP contribution is -2.23. The maximum absolute atomic E-state index is 11.8. The van der Waals surface area contributed by atoms with Crippen molar-refractivity contribution in [2.24, 2.45) is 5.14 Å². The first-order valence-corrected chi connectivity index (χ1v) is 6.24. The molecule has 1 aromatic carbocycles. The van der Waals surface area contributed by atoms with E-state index in [4.69, 9.17) is 9.88 Å². The van der Waals surface area contributed by atoms with Gasteiger partial charge in [0, 0.05) is 14.1 Å². The molecule has 0 fully saturated rings. The number of hydrogen-bond acceptors (Lipinski definition) is 4. The Bertz CT molecular complexity index is 537. The SMILES string of the molecule is COc1ccc(S(N)(=O)=O)cc1C(=O)N(C)C. The van der Waals surface area contributed by atoms with Crippen LogP contribution >= 0.6 is 0 Å². The molecule has 0 spiro atoms. The zero-order valence-corrected chi connectivity index (χ0v) is 10.6. The number of carbonyl (C=O) groups excluding carboxylic acids is 1. The summed E-state index contributed by atoms with van der Waals surface area (Å²) in [6, 6.07) is 3.90. The number of rotatable bonds is 3. The largest absolute Gasteiger partial charge is 0.496 e. The molecule has 0 saturated heterocycles. The molecule has 0 aromatic heterocycles. The van der Waals surface area contributed by atoms with Crippen molar-refractivity contribution in [1.29, 1.82) is 0 Å². The minimum absolute atomic E-state index is 0.122. The second-order valence-corrected chi connectivity index (χ2v) is 5.17. The molecule has 7 heteroatoms. The number of hydrogen-bond donors (Lipinski definition) is 1. The quantitative estimate of drug-likeness (QED) is 0.829. The van der Waals surface area contributed by atoms with Crippen molar-refractivity contribution in [2.45, 2.75) is 4.90 Å². The van der Waals surface area contributed by atoms with Gasteiger partial charge in [-0.3, -0.25) is 4.79 Å². The molecule has 17 heavy (non-hydrogen) atoms. The smallest absolute Gasteiger partial charge is 0.257 e. The Kier molecular flexibility index (Phi) is 3.74. The van der Waals surface area contributed by atoms with Gasteiger partial charge in [0.15, 0.2) is 0 Å². The molecular formula is C10H14N2O4S. The molecular weight excluding hydrogens is 244 g/mol. The van der Waals surface area contributed by atoms with Gasteiger partial charge in [-0.2, -0.15) is 0 Å². The van der Waals surface area contributed by atoms with Crippen LogP contribution < -0.4 is 9.88 Å². The monoisotopic (exact) mass is 258 g/mol. The second kappa shape index (κ2) is 4.72. The van der Waals surface area contributed by atoms with Crippen LogP contribution in [0.25, 0.3) is 0 Å². The van der Waals surface area contributed by atoms with Crippen LogP contribution in [0.5, 0.6) is 5.75 Å². The summed E-state index contributed by atoms with van der Waals surface area (Å²) in [6.45, 7) is 0. The molecule has 0 saturated carbocycles. The Labute approximate surface area is 100 Å². The lowest BCUT2D eigenvalue weighted by Gasteiger charge is -2.14. The van der Waals surface area contributed by atoms with Crippen molar-refractivity contribution >= 4 is 15.9 Å². The Morgan fingerprint density at radius 1 is 1.35 bits per heavy atom. The topological polar surface area (TPSA) is 89.7 Å². The minimum atomic E-state index is -3.84. The third-order valence-corrected chi connectivity index (χ3v) is 3.05. The molecule has 1 aromatic rings. The number of methoxy groups -OCH3 is 1. The Morgan fingerprint density at radius 3 is 2.35 bits per heavy atom. The highest BCUT2D eigenvalue weighted by atomic mass is 32.2. The summed E-state index contributed by atoms with van der Waals surface area (Å²) in [7, 11) is 0.687. The first-order valence-electron chi connectivity index (χ1n) is 4.70. The van der Waals surface area contributed by atoms with E-state index >= 15 is 0 Å². The molecule has 0 bridgehead atoms. The predicted molar refractivity (Wildman–Crippen MR) is 62.4 cm³/mol. The van der Waals surface area contributed by atoms with Crippen molar-refractivity contribution < 1.29 is 17.9 Å². The maximum atomic E-state index is 11.8. The number of nitrogens with two attached hydrogens (primary N) is 1. The van der Waals surface area contributed by atoms with Crippen LogP contribution in [-0.4, -0.2) is 40.4 Å². The summed E-state index contributed by atoms with van der Waals surface area (Å²) >= 11 is 0. The van der Waals surface area contributed by atoms with E-state index < -0.39 is 10.0 Å². The summed E-state index contributed by atoms with van der Waals surface area (Å²) in [5, 5.41) is 5.00. The lowest BCUT2D eigenvalue weighted by atomic mass is 10.2. The summed E-state index contributed by atoms with van der Waals surface area (Å²) in [5.74, 6) is -0.0524. The van der Waals surface area contributed by atoms with E-state index in [1.165, 1.54) is 30.2 Å². The van der Waals surface area contributed by atoms with Crippen LogP contribution in [0.15, 0.2) is 23.1 Å². The fraction of sp³-hybridized carbons (Fsp3) is 0.300. The molecule has 0 heterocycles. The van der Waals surface area contributed by atoms with E-state index in [1.54, 1.807) is 14.1 Å². The maximum Gasteiger partial charge on any atom is 0.257 e. The van der Waals surface area contributed by atoms with Gasteiger partial charge in [-0.15, -0.1) is 0 Å². The third-order valence-electron chi connectivity index (χ3n) is 2.14. The van der Waals surface area contributed by atoms with Crippen molar-refractivity contribution in [3.63, 3.8) is 0 Å². The summed E-state index contributed by atoms with van der Waals surface area (Å²) in [5.41, 5.74) is 0.157. The number of amides is 1. The second-order valence-electron chi connectivity index (χ2n) is 3.61. The molecule has 0 radical (unpaired) electrons. The van der Waals surface area contributed by atoms with Gasteiger partial charge in [0.05, 0.1) is 17.6 Å². The summed E-state index contributed by atoms with van der Waals surface area (Å²) < 4.78 is 27.4. The van der Waals surface area contributed by atoms with Gasteiger partial charge < -0.3 is 9.64 Å². The van der Waals surface area contributed by atoms with Crippen LogP contribution in [-0.2, 0) is 10.0 Å². The van der Waals surface area contributed by atoms with Crippen molar-refractivity contribution in [1.82, 2.24) is 4.90 Å². The fourth-order valence-electron chi connectivity index (χ4n) is 1.27. The standard InChI is InChI=1S/C10H14N2O4S/c1-12(2)10(13)8-6-7(17(11,14)15)4-5-9(8)16-3/h4-6H,1-3H3,(H2,11,14,15). The van der Waals surface area contributed by atoms with Crippen molar-refractivity contribution in [3.8, 4) is 5.75 Å². The van der Waals surface area contributed by atoms with Crippen molar-refractivity contribution in [3.05, 3.63) is 23.8 Å². The van der Waals surface area contributed by atoms with E-state index in [2.05, 4.69) is 0 Å². The molecule has 94 valence electrons. The van der Waals surface area contributed by atoms with Gasteiger partial charge in [-0.25, -0.2) is 13.6 Å².